The summed E-state index contributed by atoms with van der Waals surface area (Å²) >= 11 is 0. The maximum atomic E-state index is 15.3. The molecule has 4 bridgehead atoms. The first kappa shape index (κ1) is 32.2. The number of hydrogen-bond donors (Lipinski definition) is 5. The molecule has 262 valence electrons. The first-order chi connectivity index (χ1) is 23.8. The molecule has 4 amide bonds. The van der Waals surface area contributed by atoms with Gasteiger partial charge in [-0.1, -0.05) is 50.2 Å². The molecule has 0 aromatic heterocycles. The van der Waals surface area contributed by atoms with Gasteiger partial charge in [0, 0.05) is 25.5 Å². The van der Waals surface area contributed by atoms with Crippen LogP contribution in [0.15, 0.2) is 48.5 Å². The minimum Gasteiger partial charge on any atom is -0.392 e. The number of para-hydroxylation sites is 2. The van der Waals surface area contributed by atoms with Crippen LogP contribution in [0.5, 0.6) is 0 Å². The van der Waals surface area contributed by atoms with E-state index in [9.17, 15) is 24.9 Å². The predicted octanol–water partition coefficient (Wildman–Crippen LogP) is 1.59. The number of carbonyl (C=O) groups is 4. The number of carbonyl (C=O) groups excluding carboxylic acids is 4. The van der Waals surface area contributed by atoms with Gasteiger partial charge in [-0.2, -0.15) is 0 Å². The van der Waals surface area contributed by atoms with Gasteiger partial charge in [-0.15, -0.1) is 0 Å². The third-order valence-corrected chi connectivity index (χ3v) is 21.6. The van der Waals surface area contributed by atoms with Crippen molar-refractivity contribution >= 4 is 88.0 Å². The van der Waals surface area contributed by atoms with Gasteiger partial charge in [0.1, 0.15) is 24.5 Å². The Hall–Kier alpha value is -2.45. The van der Waals surface area contributed by atoms with E-state index in [0.717, 1.165) is 32.4 Å². The fraction of sp³-hybridized carbons (Fsp3) is 0.500. The fourth-order valence-corrected chi connectivity index (χ4v) is 20.5. The van der Waals surface area contributed by atoms with E-state index in [-0.39, 0.29) is 11.8 Å². The zero-order valence-electron chi connectivity index (χ0n) is 27.0. The van der Waals surface area contributed by atoms with Gasteiger partial charge in [-0.25, -0.2) is 0 Å². The lowest BCUT2D eigenvalue weighted by atomic mass is 9.52. The molecule has 0 unspecified atom stereocenters. The highest BCUT2D eigenvalue weighted by molar-refractivity contribution is 9.10. The van der Waals surface area contributed by atoms with Crippen LogP contribution >= 0.6 is 53.0 Å². The number of nitrogens with zero attached hydrogens (tertiary/aromatic N) is 4. The van der Waals surface area contributed by atoms with E-state index in [0.29, 0.717) is 22.5 Å². The normalized spacial score (nSPS) is 44.6. The molecule has 0 aliphatic carbocycles. The summed E-state index contributed by atoms with van der Waals surface area (Å²) in [6.45, 7) is 3.14. The second-order valence-corrected chi connectivity index (χ2v) is 21.4. The molecule has 10 atom stereocenters. The molecule has 2 aromatic carbocycles. The Balaban J connectivity index is 1.34. The van der Waals surface area contributed by atoms with Gasteiger partial charge in [0.15, 0.2) is 4.87 Å². The average Bonchev–Trinajstić information content (AvgIpc) is 3.70. The largest absolute Gasteiger partial charge is 0.392 e. The Morgan fingerprint density at radius 3 is 1.74 bits per heavy atom. The molecule has 2 aromatic rings. The molecule has 2 spiro atoms. The molecule has 18 heteroatoms. The maximum Gasteiger partial charge on any atom is 0.265 e. The monoisotopic (exact) mass is 772 g/mol. The Labute approximate surface area is 306 Å². The van der Waals surface area contributed by atoms with Gasteiger partial charge in [-0.05, 0) is 82.2 Å². The smallest absolute Gasteiger partial charge is 0.265 e. The standard InChI is InChI=1S/C32H32N6O7S5/c1-14(2)30-26(45)38-22-29(16-10-6-8-12-18(16)34-22,20(41)32(38,49-50-48-30)25(44)36(30)4)28-15-9-5-7-11-17(15)33-21(28)37-23(42)27(13-39)35(3)24(43)31(37,19(28)40)47-46-27/h5-12,14,19-22,33-34,39-41H,13H2,1-4H3/t19-,20-,21-,22+,27+,28+,29+,30+,31-,32-/m0/s1. The van der Waals surface area contributed by atoms with Crippen LogP contribution in [0.25, 0.3) is 0 Å². The molecule has 5 N–H and O–H groups in total. The van der Waals surface area contributed by atoms with E-state index in [2.05, 4.69) is 10.6 Å². The van der Waals surface area contributed by atoms with Crippen LogP contribution in [0.3, 0.4) is 0 Å². The molecule has 0 radical (unpaired) electrons. The fourth-order valence-electron chi connectivity index (χ4n) is 10.5. The second kappa shape index (κ2) is 9.55. The van der Waals surface area contributed by atoms with Gasteiger partial charge >= 0.3 is 0 Å². The summed E-state index contributed by atoms with van der Waals surface area (Å²) in [6, 6.07) is 14.6. The van der Waals surface area contributed by atoms with E-state index in [1.807, 2.05) is 56.3 Å². The van der Waals surface area contributed by atoms with Crippen molar-refractivity contribution in [3.05, 3.63) is 59.7 Å². The number of benzene rings is 2. The van der Waals surface area contributed by atoms with Crippen molar-refractivity contribution in [1.82, 2.24) is 19.6 Å². The molecule has 10 aliphatic rings. The maximum absolute atomic E-state index is 15.3. The highest BCUT2D eigenvalue weighted by Gasteiger charge is 2.92. The topological polar surface area (TPSA) is 166 Å². The Bertz CT molecular complexity index is 2000. The molecule has 50 heavy (non-hydrogen) atoms. The highest BCUT2D eigenvalue weighted by atomic mass is 33.5. The van der Waals surface area contributed by atoms with Crippen LogP contribution in [-0.2, 0) is 30.0 Å². The van der Waals surface area contributed by atoms with Gasteiger partial charge in [0.05, 0.1) is 17.4 Å². The summed E-state index contributed by atoms with van der Waals surface area (Å²) in [5.74, 6) is -2.23. The summed E-state index contributed by atoms with van der Waals surface area (Å²) in [5, 5.41) is 44.7. The van der Waals surface area contributed by atoms with Gasteiger partial charge < -0.3 is 35.8 Å². The Morgan fingerprint density at radius 2 is 1.20 bits per heavy atom. The van der Waals surface area contributed by atoms with Crippen molar-refractivity contribution in [2.24, 2.45) is 5.92 Å². The van der Waals surface area contributed by atoms with Crippen molar-refractivity contribution in [3.63, 3.8) is 0 Å². The third-order valence-electron chi connectivity index (χ3n) is 12.7. The van der Waals surface area contributed by atoms with Crippen LogP contribution in [0.2, 0.25) is 0 Å². The summed E-state index contributed by atoms with van der Waals surface area (Å²) in [5.41, 5.74) is -1.17. The predicted molar refractivity (Wildman–Crippen MR) is 193 cm³/mol. The minimum atomic E-state index is -1.88. The van der Waals surface area contributed by atoms with E-state index in [1.165, 1.54) is 47.3 Å². The van der Waals surface area contributed by atoms with Crippen LogP contribution in [0, 0.1) is 5.92 Å². The third kappa shape index (κ3) is 2.77. The lowest BCUT2D eigenvalue weighted by Crippen LogP contribution is -2.79. The van der Waals surface area contributed by atoms with E-state index < -0.39 is 79.2 Å². The number of fused-ring (bicyclic) bond motifs is 12. The van der Waals surface area contributed by atoms with Crippen LogP contribution in [-0.4, -0.2) is 123 Å². The van der Waals surface area contributed by atoms with Crippen molar-refractivity contribution in [1.29, 1.82) is 0 Å². The number of likely N-dealkylation sites (N-methyl/N-ethyl adjacent to an activating group) is 2. The Morgan fingerprint density at radius 1 is 0.700 bits per heavy atom. The lowest BCUT2D eigenvalue weighted by molar-refractivity contribution is -0.169. The quantitative estimate of drug-likeness (QED) is 0.286. The summed E-state index contributed by atoms with van der Waals surface area (Å²) < 4.78 is 0. The number of nitrogens with one attached hydrogen (secondary N) is 2. The zero-order valence-corrected chi connectivity index (χ0v) is 31.1. The molecule has 8 fully saturated rings. The number of aliphatic hydroxyl groups is 3. The number of anilines is 2. The molecule has 12 rings (SSSR count). The molecule has 0 saturated carbocycles. The molecular weight excluding hydrogens is 741 g/mol. The van der Waals surface area contributed by atoms with E-state index in [4.69, 9.17) is 0 Å². The minimum absolute atomic E-state index is 0.317. The van der Waals surface area contributed by atoms with Crippen molar-refractivity contribution in [3.8, 4) is 0 Å². The lowest BCUT2D eigenvalue weighted by Gasteiger charge is -2.58. The summed E-state index contributed by atoms with van der Waals surface area (Å²) in [6.07, 6.45) is -5.59. The van der Waals surface area contributed by atoms with Gasteiger partial charge in [-0.3, -0.25) is 29.0 Å². The number of rotatable bonds is 3. The zero-order chi connectivity index (χ0) is 35.1. The Kier molecular flexibility index (Phi) is 6.16. The molecule has 10 heterocycles. The van der Waals surface area contributed by atoms with Crippen LogP contribution in [0.4, 0.5) is 11.4 Å². The van der Waals surface area contributed by atoms with Gasteiger partial charge in [0.2, 0.25) is 14.6 Å². The van der Waals surface area contributed by atoms with E-state index in [1.54, 1.807) is 13.1 Å². The number of amides is 4. The van der Waals surface area contributed by atoms with Crippen molar-refractivity contribution in [2.75, 3.05) is 31.3 Å². The molecule has 8 saturated heterocycles. The second-order valence-electron chi connectivity index (χ2n) is 14.4. The molecule has 10 aliphatic heterocycles. The first-order valence-corrected chi connectivity index (χ1v) is 21.8. The highest BCUT2D eigenvalue weighted by Crippen LogP contribution is 2.78. The van der Waals surface area contributed by atoms with Crippen LogP contribution in [0.1, 0.15) is 25.0 Å². The van der Waals surface area contributed by atoms with Crippen molar-refractivity contribution in [2.45, 2.75) is 68.7 Å². The van der Waals surface area contributed by atoms with Crippen LogP contribution < -0.4 is 10.6 Å². The summed E-state index contributed by atoms with van der Waals surface area (Å²) in [7, 11) is 8.86. The summed E-state index contributed by atoms with van der Waals surface area (Å²) in [4.78, 5) is 58.8. The van der Waals surface area contributed by atoms with Gasteiger partial charge in [0.25, 0.3) is 23.6 Å². The molecular formula is C32H32N6O7S5. The first-order valence-electron chi connectivity index (χ1n) is 16.2. The number of piperazine rings is 2. The number of aliphatic hydroxyl groups excluding tert-OH is 3. The van der Waals surface area contributed by atoms with E-state index >= 15 is 9.59 Å². The molecule has 13 nitrogen and oxygen atoms in total. The average molecular weight is 773 g/mol. The van der Waals surface area contributed by atoms with Crippen molar-refractivity contribution < 1.29 is 34.5 Å². The number of hydrogen-bond acceptors (Lipinski definition) is 14. The SMILES string of the molecule is CC(C)[C@]12SSS[C@]3(C(=O)N1C)[C@@H](O)[C@]1([C@@]45c6ccccc6N[C@H]4N4C(=O)[C@@]6(CO)SS[C@]4(C(=O)N6C)[C@H]5O)c4ccccc4N[C@@H]1N3C2=O.